The first-order chi connectivity index (χ1) is 13.7. The van der Waals surface area contributed by atoms with Gasteiger partial charge in [0.1, 0.15) is 0 Å². The molecule has 0 unspecified atom stereocenters. The minimum atomic E-state index is -0.317. The molecule has 0 fully saturated rings. The number of carbonyl (C=O) groups excluding carboxylic acids is 1. The minimum Gasteiger partial charge on any atom is -0.493 e. The zero-order valence-corrected chi connectivity index (χ0v) is 19.7. The summed E-state index contributed by atoms with van der Waals surface area (Å²) >= 11 is 5.13. The summed E-state index contributed by atoms with van der Waals surface area (Å²) in [6, 6.07) is 3.71. The zero-order chi connectivity index (χ0) is 21.4. The molecule has 0 radical (unpaired) electrons. The highest BCUT2D eigenvalue weighted by molar-refractivity contribution is 9.10. The number of nitrogens with one attached hydrogen (secondary N) is 2. The van der Waals surface area contributed by atoms with Gasteiger partial charge in [0.2, 0.25) is 5.16 Å². The Labute approximate surface area is 183 Å². The Kier molecular flexibility index (Phi) is 8.72. The van der Waals surface area contributed by atoms with E-state index in [-0.39, 0.29) is 18.1 Å². The Morgan fingerprint density at radius 1 is 1.34 bits per heavy atom. The smallest absolute Gasteiger partial charge is 0.258 e. The average Bonchev–Trinajstić information content (AvgIpc) is 3.04. The topological polar surface area (TPSA) is 103 Å². The van der Waals surface area contributed by atoms with Gasteiger partial charge in [0.15, 0.2) is 18.1 Å². The largest absolute Gasteiger partial charge is 0.493 e. The number of nitrogens with zero attached hydrogens (tertiary/aromatic N) is 4. The molecule has 1 amide bonds. The molecule has 1 aromatic carbocycles. The molecule has 0 saturated heterocycles. The molecule has 2 aromatic rings. The summed E-state index contributed by atoms with van der Waals surface area (Å²) in [6.45, 7) is 6.97. The fraction of sp³-hybridized carbons (Fsp3) is 0.556. The molecule has 0 aliphatic carbocycles. The van der Waals surface area contributed by atoms with Crippen LogP contribution in [0, 0.1) is 0 Å². The maximum absolute atomic E-state index is 12.1. The van der Waals surface area contributed by atoms with E-state index in [1.807, 2.05) is 40.0 Å². The third-order valence-corrected chi connectivity index (χ3v) is 5.40. The summed E-state index contributed by atoms with van der Waals surface area (Å²) in [5, 5.41) is 18.4. The van der Waals surface area contributed by atoms with Crippen LogP contribution < -0.4 is 20.1 Å². The molecule has 1 heterocycles. The van der Waals surface area contributed by atoms with Gasteiger partial charge in [-0.2, -0.15) is 0 Å². The van der Waals surface area contributed by atoms with Crippen LogP contribution in [0.4, 0.5) is 0 Å². The van der Waals surface area contributed by atoms with E-state index < -0.39 is 0 Å². The second kappa shape index (κ2) is 10.8. The SMILES string of the molecule is COc1ccc(Br)c(CNCCSc2nnnn2C)c1OCC(=O)NC(C)(C)C. The van der Waals surface area contributed by atoms with E-state index in [0.717, 1.165) is 27.5 Å². The van der Waals surface area contributed by atoms with E-state index >= 15 is 0 Å². The molecule has 0 bridgehead atoms. The molecule has 0 atom stereocenters. The van der Waals surface area contributed by atoms with Crippen LogP contribution in [0.3, 0.4) is 0 Å². The van der Waals surface area contributed by atoms with Crippen LogP contribution in [0.1, 0.15) is 26.3 Å². The van der Waals surface area contributed by atoms with Crippen LogP contribution in [0.25, 0.3) is 0 Å². The summed E-state index contributed by atoms with van der Waals surface area (Å²) < 4.78 is 13.8. The molecule has 2 N–H and O–H groups in total. The van der Waals surface area contributed by atoms with Crippen LogP contribution in [0.15, 0.2) is 21.8 Å². The molecule has 29 heavy (non-hydrogen) atoms. The Morgan fingerprint density at radius 2 is 2.10 bits per heavy atom. The monoisotopic (exact) mass is 486 g/mol. The lowest BCUT2D eigenvalue weighted by Crippen LogP contribution is -2.43. The number of ether oxygens (including phenoxy) is 2. The second-order valence-electron chi connectivity index (χ2n) is 7.25. The number of halogens is 1. The maximum Gasteiger partial charge on any atom is 0.258 e. The summed E-state index contributed by atoms with van der Waals surface area (Å²) in [7, 11) is 3.39. The number of benzene rings is 1. The molecular formula is C18H27BrN6O3S. The van der Waals surface area contributed by atoms with Crippen LogP contribution >= 0.6 is 27.7 Å². The standard InChI is InChI=1S/C18H27BrN6O3S/c1-18(2,3)21-15(26)11-28-16-12(13(19)6-7-14(16)27-5)10-20-8-9-29-17-22-23-24-25(17)4/h6-7,20H,8-11H2,1-5H3,(H,21,26). The van der Waals surface area contributed by atoms with Gasteiger partial charge < -0.3 is 20.1 Å². The van der Waals surface area contributed by atoms with Gasteiger partial charge in [-0.1, -0.05) is 27.7 Å². The normalized spacial score (nSPS) is 11.4. The van der Waals surface area contributed by atoms with Gasteiger partial charge in [0, 0.05) is 41.5 Å². The predicted molar refractivity (Wildman–Crippen MR) is 115 cm³/mol. The van der Waals surface area contributed by atoms with Crippen LogP contribution in [0.2, 0.25) is 0 Å². The van der Waals surface area contributed by atoms with Gasteiger partial charge in [-0.15, -0.1) is 5.10 Å². The molecule has 160 valence electrons. The number of aromatic nitrogens is 4. The van der Waals surface area contributed by atoms with Gasteiger partial charge in [0.25, 0.3) is 5.91 Å². The Balaban J connectivity index is 1.96. The number of hydrogen-bond acceptors (Lipinski definition) is 8. The van der Waals surface area contributed by atoms with Gasteiger partial charge in [-0.05, 0) is 43.3 Å². The average molecular weight is 487 g/mol. The van der Waals surface area contributed by atoms with Crippen LogP contribution in [-0.2, 0) is 18.4 Å². The van der Waals surface area contributed by atoms with Crippen molar-refractivity contribution in [2.45, 2.75) is 38.0 Å². The molecule has 11 heteroatoms. The van der Waals surface area contributed by atoms with E-state index in [1.54, 1.807) is 23.6 Å². The number of tetrazole rings is 1. The van der Waals surface area contributed by atoms with Crippen molar-refractivity contribution in [3.63, 3.8) is 0 Å². The van der Waals surface area contributed by atoms with E-state index in [4.69, 9.17) is 9.47 Å². The van der Waals surface area contributed by atoms with Gasteiger partial charge in [-0.25, -0.2) is 4.68 Å². The summed E-state index contributed by atoms with van der Waals surface area (Å²) in [4.78, 5) is 12.1. The minimum absolute atomic E-state index is 0.0912. The first-order valence-corrected chi connectivity index (χ1v) is 10.8. The van der Waals surface area contributed by atoms with E-state index in [0.29, 0.717) is 18.0 Å². The number of hydrogen-bond donors (Lipinski definition) is 2. The van der Waals surface area contributed by atoms with Crippen molar-refractivity contribution in [1.82, 2.24) is 30.8 Å². The Morgan fingerprint density at radius 3 is 2.72 bits per heavy atom. The van der Waals surface area contributed by atoms with E-state index in [2.05, 4.69) is 42.1 Å². The first kappa shape index (κ1) is 23.4. The van der Waals surface area contributed by atoms with Crippen LogP contribution in [-0.4, -0.2) is 57.7 Å². The molecule has 0 saturated carbocycles. The highest BCUT2D eigenvalue weighted by Gasteiger charge is 2.18. The summed E-state index contributed by atoms with van der Waals surface area (Å²) in [6.07, 6.45) is 0. The Bertz CT molecular complexity index is 824. The highest BCUT2D eigenvalue weighted by atomic mass is 79.9. The molecule has 1 aromatic heterocycles. The molecule has 9 nitrogen and oxygen atoms in total. The second-order valence-corrected chi connectivity index (χ2v) is 9.17. The van der Waals surface area contributed by atoms with Crippen molar-refractivity contribution in [1.29, 1.82) is 0 Å². The summed E-state index contributed by atoms with van der Waals surface area (Å²) in [5.41, 5.74) is 0.570. The fourth-order valence-electron chi connectivity index (χ4n) is 2.43. The number of amides is 1. The van der Waals surface area contributed by atoms with E-state index in [1.165, 1.54) is 0 Å². The molecular weight excluding hydrogens is 460 g/mol. The van der Waals surface area contributed by atoms with Crippen molar-refractivity contribution in [2.24, 2.45) is 7.05 Å². The fourth-order valence-corrected chi connectivity index (χ4v) is 3.63. The van der Waals surface area contributed by atoms with Gasteiger partial charge >= 0.3 is 0 Å². The predicted octanol–water partition coefficient (Wildman–Crippen LogP) is 2.16. The number of aryl methyl sites for hydroxylation is 1. The Hall–Kier alpha value is -1.85. The van der Waals surface area contributed by atoms with Crippen molar-refractivity contribution < 1.29 is 14.3 Å². The number of thioether (sulfide) groups is 1. The highest BCUT2D eigenvalue weighted by Crippen LogP contribution is 2.36. The van der Waals surface area contributed by atoms with Crippen molar-refractivity contribution >= 4 is 33.6 Å². The van der Waals surface area contributed by atoms with Crippen molar-refractivity contribution in [3.8, 4) is 11.5 Å². The van der Waals surface area contributed by atoms with Crippen LogP contribution in [0.5, 0.6) is 11.5 Å². The third kappa shape index (κ3) is 7.48. The van der Waals surface area contributed by atoms with Crippen molar-refractivity contribution in [3.05, 3.63) is 22.2 Å². The van der Waals surface area contributed by atoms with Gasteiger partial charge in [0.05, 0.1) is 7.11 Å². The quantitative estimate of drug-likeness (QED) is 0.388. The molecule has 0 aliphatic rings. The third-order valence-electron chi connectivity index (χ3n) is 3.64. The number of methoxy groups -OCH3 is 1. The van der Waals surface area contributed by atoms with E-state index in [9.17, 15) is 4.79 Å². The number of carbonyl (C=O) groups is 1. The molecule has 0 spiro atoms. The van der Waals surface area contributed by atoms with Gasteiger partial charge in [-0.3, -0.25) is 4.79 Å². The lowest BCUT2D eigenvalue weighted by Gasteiger charge is -2.21. The lowest BCUT2D eigenvalue weighted by atomic mass is 10.1. The first-order valence-electron chi connectivity index (χ1n) is 9.06. The molecule has 0 aliphatic heterocycles. The zero-order valence-electron chi connectivity index (χ0n) is 17.3. The van der Waals surface area contributed by atoms with Crippen molar-refractivity contribution in [2.75, 3.05) is 26.0 Å². The number of rotatable bonds is 10. The summed E-state index contributed by atoms with van der Waals surface area (Å²) in [5.74, 6) is 1.74. The molecule has 2 rings (SSSR count). The lowest BCUT2D eigenvalue weighted by molar-refractivity contribution is -0.124. The maximum atomic E-state index is 12.1.